The average molecular weight is 308 g/mol. The maximum atomic E-state index is 11.6. The van der Waals surface area contributed by atoms with Gasteiger partial charge in [0.2, 0.25) is 5.91 Å². The summed E-state index contributed by atoms with van der Waals surface area (Å²) in [6.45, 7) is 0.592. The molecule has 1 atom stereocenters. The number of hydrogen-bond donors (Lipinski definition) is 1. The van der Waals surface area contributed by atoms with Crippen LogP contribution >= 0.6 is 40.2 Å². The molecule has 0 aliphatic carbocycles. The predicted octanol–water partition coefficient (Wildman–Crippen LogP) is 2.53. The topological polar surface area (TPSA) is 33.2 Å². The first-order chi connectivity index (χ1) is 7.08. The Morgan fingerprint density at radius 1 is 1.67 bits per heavy atom. The summed E-state index contributed by atoms with van der Waals surface area (Å²) in [6, 6.07) is 1.73. The highest BCUT2D eigenvalue weighted by molar-refractivity contribution is 9.10. The summed E-state index contributed by atoms with van der Waals surface area (Å²) in [6.07, 6.45) is 1.99. The number of nitrogens with zero attached hydrogens (tertiary/aromatic N) is 2. The van der Waals surface area contributed by atoms with Gasteiger partial charge >= 0.3 is 0 Å². The van der Waals surface area contributed by atoms with Crippen LogP contribution in [0, 0.1) is 0 Å². The lowest BCUT2D eigenvalue weighted by molar-refractivity contribution is -0.117. The Morgan fingerprint density at radius 2 is 2.40 bits per heavy atom. The molecule has 0 radical (unpaired) electrons. The van der Waals surface area contributed by atoms with Crippen LogP contribution in [0.5, 0.6) is 0 Å². The first-order valence-corrected chi connectivity index (χ1v) is 6.06. The van der Waals surface area contributed by atoms with E-state index in [1.54, 1.807) is 11.0 Å². The molecule has 3 nitrogen and oxygen atoms in total. The fraction of sp³-hybridized carbons (Fsp3) is 0.333. The Labute approximate surface area is 106 Å². The zero-order valence-electron chi connectivity index (χ0n) is 7.65. The van der Waals surface area contributed by atoms with Crippen molar-refractivity contribution in [2.45, 2.75) is 11.7 Å². The fourth-order valence-corrected chi connectivity index (χ4v) is 2.67. The van der Waals surface area contributed by atoms with E-state index < -0.39 is 0 Å². The van der Waals surface area contributed by atoms with Gasteiger partial charge in [-0.15, -0.1) is 0 Å². The standard InChI is InChI=1S/C9H8BrClN2OS/c10-7-1-5(11)3-12-9(7)13-4-6(15)2-8(13)14/h1,3,6,15H,2,4H2. The van der Waals surface area contributed by atoms with Gasteiger partial charge in [-0.3, -0.25) is 9.69 Å². The lowest BCUT2D eigenvalue weighted by Crippen LogP contribution is -2.25. The normalized spacial score (nSPS) is 21.1. The molecule has 0 aromatic carbocycles. The van der Waals surface area contributed by atoms with Gasteiger partial charge in [-0.05, 0) is 22.0 Å². The number of amides is 1. The predicted molar refractivity (Wildman–Crippen MR) is 66.7 cm³/mol. The Morgan fingerprint density at radius 3 is 2.93 bits per heavy atom. The first kappa shape index (κ1) is 11.2. The van der Waals surface area contributed by atoms with Gasteiger partial charge in [0.1, 0.15) is 5.82 Å². The van der Waals surface area contributed by atoms with E-state index in [9.17, 15) is 4.79 Å². The Hall–Kier alpha value is -0.260. The van der Waals surface area contributed by atoms with Crippen molar-refractivity contribution in [3.8, 4) is 0 Å². The van der Waals surface area contributed by atoms with Crippen molar-refractivity contribution in [2.24, 2.45) is 0 Å². The van der Waals surface area contributed by atoms with Crippen LogP contribution < -0.4 is 4.90 Å². The molecule has 2 rings (SSSR count). The third-order valence-electron chi connectivity index (χ3n) is 2.15. The second-order valence-electron chi connectivity index (χ2n) is 3.32. The molecule has 1 unspecified atom stereocenters. The molecule has 0 spiro atoms. The molecule has 1 aliphatic rings. The van der Waals surface area contributed by atoms with Crippen LogP contribution in [0.3, 0.4) is 0 Å². The molecule has 0 bridgehead atoms. The summed E-state index contributed by atoms with van der Waals surface area (Å²) in [4.78, 5) is 17.4. The molecule has 80 valence electrons. The molecule has 15 heavy (non-hydrogen) atoms. The second kappa shape index (κ2) is 4.31. The molecule has 0 saturated carbocycles. The summed E-state index contributed by atoms with van der Waals surface area (Å²) < 4.78 is 0.728. The molecular weight excluding hydrogens is 300 g/mol. The second-order valence-corrected chi connectivity index (χ2v) is 5.34. The Balaban J connectivity index is 2.34. The van der Waals surface area contributed by atoms with E-state index in [1.165, 1.54) is 6.20 Å². The number of carbonyl (C=O) groups is 1. The highest BCUT2D eigenvalue weighted by Gasteiger charge is 2.30. The van der Waals surface area contributed by atoms with Gasteiger partial charge in [0, 0.05) is 24.4 Å². The number of rotatable bonds is 1. The van der Waals surface area contributed by atoms with Crippen molar-refractivity contribution >= 4 is 51.9 Å². The third-order valence-corrected chi connectivity index (χ3v) is 3.28. The zero-order chi connectivity index (χ0) is 11.0. The van der Waals surface area contributed by atoms with Gasteiger partial charge in [-0.25, -0.2) is 4.98 Å². The number of hydrogen-bond acceptors (Lipinski definition) is 3. The molecule has 1 aliphatic heterocycles. The van der Waals surface area contributed by atoms with E-state index in [0.29, 0.717) is 23.8 Å². The smallest absolute Gasteiger partial charge is 0.229 e. The minimum atomic E-state index is 0.0468. The molecule has 1 aromatic rings. The molecule has 1 amide bonds. The van der Waals surface area contributed by atoms with Crippen molar-refractivity contribution in [1.29, 1.82) is 0 Å². The summed E-state index contributed by atoms with van der Waals surface area (Å²) >= 11 is 13.4. The van der Waals surface area contributed by atoms with E-state index >= 15 is 0 Å². The minimum Gasteiger partial charge on any atom is -0.295 e. The summed E-state index contributed by atoms with van der Waals surface area (Å²) in [5.74, 6) is 0.659. The monoisotopic (exact) mass is 306 g/mol. The van der Waals surface area contributed by atoms with Crippen molar-refractivity contribution < 1.29 is 4.79 Å². The molecule has 0 N–H and O–H groups in total. The van der Waals surface area contributed by atoms with Crippen molar-refractivity contribution in [2.75, 3.05) is 11.4 Å². The number of carbonyl (C=O) groups excluding carboxylic acids is 1. The molecular formula is C9H8BrClN2OS. The number of pyridine rings is 1. The Kier molecular flexibility index (Phi) is 3.23. The molecule has 1 aromatic heterocycles. The van der Waals surface area contributed by atoms with Crippen molar-refractivity contribution in [3.63, 3.8) is 0 Å². The fourth-order valence-electron chi connectivity index (χ4n) is 1.50. The van der Waals surface area contributed by atoms with E-state index in [-0.39, 0.29) is 11.2 Å². The zero-order valence-corrected chi connectivity index (χ0v) is 10.9. The van der Waals surface area contributed by atoms with Crippen molar-refractivity contribution in [3.05, 3.63) is 21.8 Å². The first-order valence-electron chi connectivity index (χ1n) is 4.37. The van der Waals surface area contributed by atoms with Crippen LogP contribution in [0.4, 0.5) is 5.82 Å². The largest absolute Gasteiger partial charge is 0.295 e. The highest BCUT2D eigenvalue weighted by atomic mass is 79.9. The van der Waals surface area contributed by atoms with Crippen LogP contribution in [0.2, 0.25) is 5.02 Å². The van der Waals surface area contributed by atoms with Gasteiger partial charge < -0.3 is 0 Å². The van der Waals surface area contributed by atoms with Gasteiger partial charge in [0.05, 0.1) is 9.50 Å². The van der Waals surface area contributed by atoms with Crippen LogP contribution in [0.15, 0.2) is 16.7 Å². The summed E-state index contributed by atoms with van der Waals surface area (Å²) in [7, 11) is 0. The number of halogens is 2. The number of aromatic nitrogens is 1. The van der Waals surface area contributed by atoms with E-state index in [0.717, 1.165) is 4.47 Å². The van der Waals surface area contributed by atoms with Crippen LogP contribution in [0.1, 0.15) is 6.42 Å². The van der Waals surface area contributed by atoms with Crippen LogP contribution in [-0.2, 0) is 4.79 Å². The maximum Gasteiger partial charge on any atom is 0.229 e. The molecule has 1 saturated heterocycles. The van der Waals surface area contributed by atoms with Crippen LogP contribution in [-0.4, -0.2) is 22.7 Å². The summed E-state index contributed by atoms with van der Waals surface area (Å²) in [5.41, 5.74) is 0. The third kappa shape index (κ3) is 2.29. The van der Waals surface area contributed by atoms with E-state index in [2.05, 4.69) is 33.5 Å². The van der Waals surface area contributed by atoms with Gasteiger partial charge in [0.25, 0.3) is 0 Å². The Bertz CT molecular complexity index is 415. The lowest BCUT2D eigenvalue weighted by atomic mass is 10.4. The average Bonchev–Trinajstić information content (AvgIpc) is 2.45. The van der Waals surface area contributed by atoms with Gasteiger partial charge in [0.15, 0.2) is 0 Å². The molecule has 2 heterocycles. The van der Waals surface area contributed by atoms with Gasteiger partial charge in [-0.2, -0.15) is 12.6 Å². The molecule has 6 heteroatoms. The minimum absolute atomic E-state index is 0.0468. The molecule has 1 fully saturated rings. The van der Waals surface area contributed by atoms with Crippen molar-refractivity contribution in [1.82, 2.24) is 4.98 Å². The van der Waals surface area contributed by atoms with Gasteiger partial charge in [-0.1, -0.05) is 11.6 Å². The van der Waals surface area contributed by atoms with E-state index in [4.69, 9.17) is 11.6 Å². The number of thiol groups is 1. The number of anilines is 1. The highest BCUT2D eigenvalue weighted by Crippen LogP contribution is 2.30. The lowest BCUT2D eigenvalue weighted by Gasteiger charge is -2.16. The van der Waals surface area contributed by atoms with Crippen LogP contribution in [0.25, 0.3) is 0 Å². The summed E-state index contributed by atoms with van der Waals surface area (Å²) in [5, 5.41) is 0.626. The SMILES string of the molecule is O=C1CC(S)CN1c1ncc(Cl)cc1Br. The van der Waals surface area contributed by atoms with E-state index in [1.807, 2.05) is 0 Å². The maximum absolute atomic E-state index is 11.6. The quantitative estimate of drug-likeness (QED) is 0.809.